The summed E-state index contributed by atoms with van der Waals surface area (Å²) in [7, 11) is 1.51. The van der Waals surface area contributed by atoms with E-state index >= 15 is 0 Å². The average Bonchev–Trinajstić information content (AvgIpc) is 2.81. The molecule has 1 aromatic rings. The second-order valence-corrected chi connectivity index (χ2v) is 4.38. The van der Waals surface area contributed by atoms with E-state index < -0.39 is 11.9 Å². The van der Waals surface area contributed by atoms with Crippen LogP contribution in [-0.2, 0) is 18.6 Å². The van der Waals surface area contributed by atoms with Crippen molar-refractivity contribution in [1.29, 1.82) is 0 Å². The fourth-order valence-corrected chi connectivity index (χ4v) is 2.17. The third-order valence-electron chi connectivity index (χ3n) is 3.15. The molecule has 1 heterocycles. The van der Waals surface area contributed by atoms with Crippen molar-refractivity contribution in [3.05, 3.63) is 17.5 Å². The molecule has 2 N–H and O–H groups in total. The van der Waals surface area contributed by atoms with Crippen molar-refractivity contribution >= 4 is 0 Å². The summed E-state index contributed by atoms with van der Waals surface area (Å²) in [6, 6.07) is 0. The summed E-state index contributed by atoms with van der Waals surface area (Å²) in [5, 5.41) is 3.52. The molecule has 0 unspecified atom stereocenters. The topological polar surface area (TPSA) is 43.8 Å². The third kappa shape index (κ3) is 1.81. The van der Waals surface area contributed by atoms with Crippen LogP contribution in [-0.4, -0.2) is 16.3 Å². The van der Waals surface area contributed by atoms with E-state index in [0.717, 1.165) is 12.8 Å². The first kappa shape index (κ1) is 11.4. The van der Waals surface area contributed by atoms with Crippen molar-refractivity contribution in [2.75, 3.05) is 6.54 Å². The Kier molecular flexibility index (Phi) is 2.49. The Balaban J connectivity index is 2.41. The normalized spacial score (nSPS) is 18.8. The lowest BCUT2D eigenvalue weighted by Gasteiger charge is -2.14. The van der Waals surface area contributed by atoms with E-state index in [1.165, 1.54) is 17.9 Å². The molecule has 0 saturated heterocycles. The maximum Gasteiger partial charge on any atom is 0.435 e. The summed E-state index contributed by atoms with van der Waals surface area (Å²) < 4.78 is 39.5. The van der Waals surface area contributed by atoms with Gasteiger partial charge in [0.1, 0.15) is 0 Å². The lowest BCUT2D eigenvalue weighted by Crippen LogP contribution is -2.18. The van der Waals surface area contributed by atoms with Crippen LogP contribution in [0, 0.1) is 0 Å². The van der Waals surface area contributed by atoms with Gasteiger partial charge < -0.3 is 5.73 Å². The minimum atomic E-state index is -4.37. The zero-order chi connectivity index (χ0) is 12.0. The fraction of sp³-hybridized carbons (Fsp3) is 0.700. The molecule has 1 aliphatic carbocycles. The molecule has 2 rings (SSSR count). The van der Waals surface area contributed by atoms with Crippen LogP contribution in [0.25, 0.3) is 0 Å². The van der Waals surface area contributed by atoms with Crippen LogP contribution in [0.2, 0.25) is 0 Å². The molecule has 1 aromatic heterocycles. The van der Waals surface area contributed by atoms with Gasteiger partial charge in [0, 0.05) is 24.2 Å². The van der Waals surface area contributed by atoms with Crippen molar-refractivity contribution < 1.29 is 13.2 Å². The number of aryl methyl sites for hydroxylation is 1. The monoisotopic (exact) mass is 233 g/mol. The molecule has 16 heavy (non-hydrogen) atoms. The molecule has 0 atom stereocenters. The van der Waals surface area contributed by atoms with Crippen molar-refractivity contribution in [3.63, 3.8) is 0 Å². The van der Waals surface area contributed by atoms with Gasteiger partial charge in [0.2, 0.25) is 0 Å². The molecule has 1 saturated carbocycles. The number of halogens is 3. The second kappa shape index (κ2) is 3.48. The Bertz CT molecular complexity index is 391. The molecule has 0 bridgehead atoms. The Morgan fingerprint density at radius 1 is 1.50 bits per heavy atom. The summed E-state index contributed by atoms with van der Waals surface area (Å²) in [4.78, 5) is 0. The van der Waals surface area contributed by atoms with Crippen LogP contribution in [0.15, 0.2) is 6.20 Å². The third-order valence-corrected chi connectivity index (χ3v) is 3.15. The summed E-state index contributed by atoms with van der Waals surface area (Å²) in [5.41, 5.74) is 4.65. The number of rotatable bonds is 3. The zero-order valence-corrected chi connectivity index (χ0v) is 9.01. The number of nitrogens with two attached hydrogens (primary N) is 1. The molecule has 3 nitrogen and oxygen atoms in total. The Labute approximate surface area is 91.4 Å². The first-order valence-electron chi connectivity index (χ1n) is 5.20. The highest BCUT2D eigenvalue weighted by Crippen LogP contribution is 2.53. The van der Waals surface area contributed by atoms with Crippen molar-refractivity contribution in [3.8, 4) is 0 Å². The molecule has 0 aliphatic heterocycles. The summed E-state index contributed by atoms with van der Waals surface area (Å²) in [6.07, 6.45) is -0.744. The van der Waals surface area contributed by atoms with Crippen LogP contribution in [0.4, 0.5) is 13.2 Å². The van der Waals surface area contributed by atoms with E-state index in [9.17, 15) is 13.2 Å². The summed E-state index contributed by atoms with van der Waals surface area (Å²) >= 11 is 0. The van der Waals surface area contributed by atoms with E-state index in [0.29, 0.717) is 18.5 Å². The SMILES string of the molecule is Cn1cc(C2(CCN)CC2)c(C(F)(F)F)n1. The standard InChI is InChI=1S/C10H14F3N3/c1-16-6-7(8(15-16)10(11,12)13)9(2-3-9)4-5-14/h6H,2-5,14H2,1H3. The Hall–Kier alpha value is -1.04. The van der Waals surface area contributed by atoms with Gasteiger partial charge in [0.15, 0.2) is 5.69 Å². The molecule has 0 radical (unpaired) electrons. The molecule has 0 amide bonds. The van der Waals surface area contributed by atoms with Gasteiger partial charge in [-0.05, 0) is 25.8 Å². The van der Waals surface area contributed by atoms with E-state index in [2.05, 4.69) is 5.10 Å². The van der Waals surface area contributed by atoms with Gasteiger partial charge in [-0.25, -0.2) is 0 Å². The van der Waals surface area contributed by atoms with Gasteiger partial charge in [0.05, 0.1) is 0 Å². The van der Waals surface area contributed by atoms with E-state index in [1.807, 2.05) is 0 Å². The lowest BCUT2D eigenvalue weighted by molar-refractivity contribution is -0.142. The van der Waals surface area contributed by atoms with E-state index in [4.69, 9.17) is 5.73 Å². The van der Waals surface area contributed by atoms with Crippen LogP contribution in [0.5, 0.6) is 0 Å². The Morgan fingerprint density at radius 3 is 2.56 bits per heavy atom. The number of hydrogen-bond acceptors (Lipinski definition) is 2. The minimum absolute atomic E-state index is 0.313. The van der Waals surface area contributed by atoms with Crippen molar-refractivity contribution in [1.82, 2.24) is 9.78 Å². The number of alkyl halides is 3. The van der Waals surface area contributed by atoms with Crippen molar-refractivity contribution in [2.45, 2.75) is 30.9 Å². The largest absolute Gasteiger partial charge is 0.435 e. The highest BCUT2D eigenvalue weighted by molar-refractivity contribution is 5.35. The fourth-order valence-electron chi connectivity index (χ4n) is 2.17. The van der Waals surface area contributed by atoms with Crippen LogP contribution >= 0.6 is 0 Å². The molecule has 0 spiro atoms. The summed E-state index contributed by atoms with van der Waals surface area (Å²) in [5.74, 6) is 0. The quantitative estimate of drug-likeness (QED) is 0.865. The Morgan fingerprint density at radius 2 is 2.12 bits per heavy atom. The van der Waals surface area contributed by atoms with E-state index in [-0.39, 0.29) is 5.41 Å². The first-order valence-corrected chi connectivity index (χ1v) is 5.20. The molecule has 1 fully saturated rings. The highest BCUT2D eigenvalue weighted by atomic mass is 19.4. The van der Waals surface area contributed by atoms with Gasteiger partial charge >= 0.3 is 6.18 Å². The summed E-state index contributed by atoms with van der Waals surface area (Å²) in [6.45, 7) is 0.409. The van der Waals surface area contributed by atoms with E-state index in [1.54, 1.807) is 0 Å². The van der Waals surface area contributed by atoms with Crippen LogP contribution in [0.3, 0.4) is 0 Å². The minimum Gasteiger partial charge on any atom is -0.330 e. The predicted octanol–water partition coefficient (Wildman–Crippen LogP) is 1.82. The van der Waals surface area contributed by atoms with Gasteiger partial charge in [0.25, 0.3) is 0 Å². The van der Waals surface area contributed by atoms with Gasteiger partial charge in [-0.3, -0.25) is 4.68 Å². The number of nitrogens with zero attached hydrogens (tertiary/aromatic N) is 2. The van der Waals surface area contributed by atoms with Gasteiger partial charge in [-0.1, -0.05) is 0 Å². The molecule has 1 aliphatic rings. The molecule has 0 aromatic carbocycles. The molecular weight excluding hydrogens is 219 g/mol. The number of hydrogen-bond donors (Lipinski definition) is 1. The van der Waals surface area contributed by atoms with Gasteiger partial charge in [-0.15, -0.1) is 0 Å². The maximum absolute atomic E-state index is 12.8. The predicted molar refractivity (Wildman–Crippen MR) is 52.8 cm³/mol. The molecule has 6 heteroatoms. The second-order valence-electron chi connectivity index (χ2n) is 4.38. The van der Waals surface area contributed by atoms with Gasteiger partial charge in [-0.2, -0.15) is 18.3 Å². The highest BCUT2D eigenvalue weighted by Gasteiger charge is 2.50. The smallest absolute Gasteiger partial charge is 0.330 e. The van der Waals surface area contributed by atoms with Crippen molar-refractivity contribution in [2.24, 2.45) is 12.8 Å². The number of aromatic nitrogens is 2. The molecular formula is C10H14F3N3. The maximum atomic E-state index is 12.8. The van der Waals surface area contributed by atoms with Crippen LogP contribution in [0.1, 0.15) is 30.5 Å². The molecule has 90 valence electrons. The lowest BCUT2D eigenvalue weighted by atomic mass is 9.92. The average molecular weight is 233 g/mol. The van der Waals surface area contributed by atoms with Crippen LogP contribution < -0.4 is 5.73 Å². The first-order chi connectivity index (χ1) is 7.39. The zero-order valence-electron chi connectivity index (χ0n) is 9.01.